The van der Waals surface area contributed by atoms with E-state index in [2.05, 4.69) is 26.4 Å². The number of rotatable bonds is 3. The first-order valence-electron chi connectivity index (χ1n) is 5.85. The Morgan fingerprint density at radius 2 is 1.86 bits per heavy atom. The maximum absolute atomic E-state index is 13.2. The summed E-state index contributed by atoms with van der Waals surface area (Å²) in [5, 5.41) is 14.1. The number of benzene rings is 2. The molecule has 5 nitrogen and oxygen atoms in total. The molecule has 0 spiro atoms. The van der Waals surface area contributed by atoms with Crippen LogP contribution in [0, 0.1) is 5.82 Å². The lowest BCUT2D eigenvalue weighted by molar-refractivity contribution is 0.102. The molecule has 4 N–H and O–H groups in total. The van der Waals surface area contributed by atoms with Crippen LogP contribution in [0.2, 0.25) is 0 Å². The van der Waals surface area contributed by atoms with Gasteiger partial charge in [-0.25, -0.2) is 4.39 Å². The molecule has 0 atom stereocenters. The molecule has 7 heteroatoms. The summed E-state index contributed by atoms with van der Waals surface area (Å²) in [7, 11) is 0. The van der Waals surface area contributed by atoms with Crippen molar-refractivity contribution < 1.29 is 14.4 Å². The van der Waals surface area contributed by atoms with Gasteiger partial charge in [-0.2, -0.15) is 0 Å². The number of nitrogens with zero attached hydrogens (tertiary/aromatic N) is 1. The van der Waals surface area contributed by atoms with Crippen LogP contribution in [-0.2, 0) is 0 Å². The van der Waals surface area contributed by atoms with E-state index in [1.165, 1.54) is 12.1 Å². The Labute approximate surface area is 128 Å². The van der Waals surface area contributed by atoms with Crippen LogP contribution in [0.1, 0.15) is 15.9 Å². The average molecular weight is 352 g/mol. The first-order chi connectivity index (χ1) is 9.99. The lowest BCUT2D eigenvalue weighted by Crippen LogP contribution is -2.14. The second-order valence-electron chi connectivity index (χ2n) is 4.17. The molecule has 0 radical (unpaired) electrons. The Kier molecular flexibility index (Phi) is 4.54. The maximum Gasteiger partial charge on any atom is 0.255 e. The molecule has 1 amide bonds. The van der Waals surface area contributed by atoms with Gasteiger partial charge in [0, 0.05) is 21.3 Å². The molecule has 0 bridgehead atoms. The standard InChI is InChI=1S/C14H11BrFN3O2/c15-10-5-9(6-11(16)7-10)14(20)18-12-3-1-8(2-4-12)13(17)19-21/h1-7,21H,(H2,17,19)(H,18,20). The predicted octanol–water partition coefficient (Wildman–Crippen LogP) is 2.94. The molecule has 2 aromatic rings. The van der Waals surface area contributed by atoms with E-state index in [1.54, 1.807) is 24.3 Å². The molecular weight excluding hydrogens is 341 g/mol. The van der Waals surface area contributed by atoms with Gasteiger partial charge in [0.25, 0.3) is 5.91 Å². The third kappa shape index (κ3) is 3.79. The molecule has 0 fully saturated rings. The predicted molar refractivity (Wildman–Crippen MR) is 81.0 cm³/mol. The number of nitrogens with one attached hydrogen (secondary N) is 1. The van der Waals surface area contributed by atoms with Gasteiger partial charge in [0.05, 0.1) is 0 Å². The Balaban J connectivity index is 2.16. The highest BCUT2D eigenvalue weighted by Crippen LogP contribution is 2.17. The second kappa shape index (κ2) is 6.36. The number of halogens is 2. The highest BCUT2D eigenvalue weighted by Gasteiger charge is 2.09. The summed E-state index contributed by atoms with van der Waals surface area (Å²) in [5.74, 6) is -0.967. The summed E-state index contributed by atoms with van der Waals surface area (Å²) in [6.07, 6.45) is 0. The van der Waals surface area contributed by atoms with Crippen molar-refractivity contribution in [1.82, 2.24) is 0 Å². The monoisotopic (exact) mass is 351 g/mol. The summed E-state index contributed by atoms with van der Waals surface area (Å²) in [4.78, 5) is 12.0. The van der Waals surface area contributed by atoms with Crippen molar-refractivity contribution in [3.05, 3.63) is 63.9 Å². The Bertz CT molecular complexity index is 682. The van der Waals surface area contributed by atoms with Crippen LogP contribution < -0.4 is 11.1 Å². The zero-order valence-corrected chi connectivity index (χ0v) is 12.3. The minimum absolute atomic E-state index is 0.0260. The number of oxime groups is 1. The van der Waals surface area contributed by atoms with E-state index < -0.39 is 11.7 Å². The molecule has 0 aromatic heterocycles. The fourth-order valence-corrected chi connectivity index (χ4v) is 2.14. The van der Waals surface area contributed by atoms with Gasteiger partial charge in [0.1, 0.15) is 5.82 Å². The van der Waals surface area contributed by atoms with E-state index >= 15 is 0 Å². The number of carbonyl (C=O) groups is 1. The number of amidine groups is 1. The third-order valence-corrected chi connectivity index (χ3v) is 3.13. The molecule has 0 saturated carbocycles. The van der Waals surface area contributed by atoms with Crippen LogP contribution in [0.25, 0.3) is 0 Å². The van der Waals surface area contributed by atoms with Crippen molar-refractivity contribution >= 4 is 33.4 Å². The number of anilines is 1. The number of amides is 1. The van der Waals surface area contributed by atoms with Gasteiger partial charge in [-0.05, 0) is 42.5 Å². The topological polar surface area (TPSA) is 87.7 Å². The highest BCUT2D eigenvalue weighted by molar-refractivity contribution is 9.10. The zero-order chi connectivity index (χ0) is 15.4. The Morgan fingerprint density at radius 3 is 2.43 bits per heavy atom. The highest BCUT2D eigenvalue weighted by atomic mass is 79.9. The van der Waals surface area contributed by atoms with Gasteiger partial charge in [-0.3, -0.25) is 4.79 Å². The molecule has 0 saturated heterocycles. The van der Waals surface area contributed by atoms with E-state index in [4.69, 9.17) is 10.9 Å². The average Bonchev–Trinajstić information content (AvgIpc) is 2.46. The molecular formula is C14H11BrFN3O2. The van der Waals surface area contributed by atoms with Crippen molar-refractivity contribution in [2.75, 3.05) is 5.32 Å². The van der Waals surface area contributed by atoms with E-state index in [0.717, 1.165) is 6.07 Å². The van der Waals surface area contributed by atoms with Gasteiger partial charge >= 0.3 is 0 Å². The minimum Gasteiger partial charge on any atom is -0.409 e. The lowest BCUT2D eigenvalue weighted by atomic mass is 10.1. The first kappa shape index (κ1) is 15.0. The quantitative estimate of drug-likeness (QED) is 0.344. The molecule has 0 heterocycles. The summed E-state index contributed by atoms with van der Waals surface area (Å²) in [6, 6.07) is 10.3. The van der Waals surface area contributed by atoms with Crippen molar-refractivity contribution in [2.45, 2.75) is 0 Å². The number of hydrogen-bond acceptors (Lipinski definition) is 3. The largest absolute Gasteiger partial charge is 0.409 e. The fraction of sp³-hybridized carbons (Fsp3) is 0. The molecule has 2 rings (SSSR count). The molecule has 0 unspecified atom stereocenters. The number of carbonyl (C=O) groups excluding carboxylic acids is 1. The van der Waals surface area contributed by atoms with Gasteiger partial charge in [0.15, 0.2) is 5.84 Å². The van der Waals surface area contributed by atoms with Crippen molar-refractivity contribution in [3.63, 3.8) is 0 Å². The third-order valence-electron chi connectivity index (χ3n) is 2.67. The van der Waals surface area contributed by atoms with Gasteiger partial charge in [-0.15, -0.1) is 0 Å². The second-order valence-corrected chi connectivity index (χ2v) is 5.09. The SMILES string of the molecule is N/C(=N/O)c1ccc(NC(=O)c2cc(F)cc(Br)c2)cc1. The van der Waals surface area contributed by atoms with Crippen LogP contribution in [-0.4, -0.2) is 17.0 Å². The number of nitrogens with two attached hydrogens (primary N) is 1. The van der Waals surface area contributed by atoms with E-state index in [9.17, 15) is 9.18 Å². The van der Waals surface area contributed by atoms with Crippen LogP contribution >= 0.6 is 15.9 Å². The van der Waals surface area contributed by atoms with Crippen molar-refractivity contribution in [1.29, 1.82) is 0 Å². The lowest BCUT2D eigenvalue weighted by Gasteiger charge is -2.07. The summed E-state index contributed by atoms with van der Waals surface area (Å²) in [6.45, 7) is 0. The Morgan fingerprint density at radius 1 is 1.19 bits per heavy atom. The van der Waals surface area contributed by atoms with Gasteiger partial charge in [0.2, 0.25) is 0 Å². The molecule has 21 heavy (non-hydrogen) atoms. The normalized spacial score (nSPS) is 11.2. The molecule has 0 aliphatic heterocycles. The van der Waals surface area contributed by atoms with Gasteiger partial charge < -0.3 is 16.3 Å². The minimum atomic E-state index is -0.503. The fourth-order valence-electron chi connectivity index (χ4n) is 1.67. The first-order valence-corrected chi connectivity index (χ1v) is 6.64. The summed E-state index contributed by atoms with van der Waals surface area (Å²) >= 11 is 3.13. The van der Waals surface area contributed by atoms with E-state index in [-0.39, 0.29) is 11.4 Å². The van der Waals surface area contributed by atoms with Crippen molar-refractivity contribution in [2.24, 2.45) is 10.9 Å². The van der Waals surface area contributed by atoms with Crippen molar-refractivity contribution in [3.8, 4) is 0 Å². The molecule has 2 aromatic carbocycles. The Hall–Kier alpha value is -2.41. The molecule has 0 aliphatic rings. The number of hydrogen-bond donors (Lipinski definition) is 3. The molecule has 108 valence electrons. The van der Waals surface area contributed by atoms with Gasteiger partial charge in [-0.1, -0.05) is 21.1 Å². The summed E-state index contributed by atoms with van der Waals surface area (Å²) in [5.41, 5.74) is 6.66. The molecule has 0 aliphatic carbocycles. The smallest absolute Gasteiger partial charge is 0.255 e. The maximum atomic E-state index is 13.2. The van der Waals surface area contributed by atoms with Crippen LogP contribution in [0.5, 0.6) is 0 Å². The van der Waals surface area contributed by atoms with Crippen LogP contribution in [0.4, 0.5) is 10.1 Å². The zero-order valence-electron chi connectivity index (χ0n) is 10.7. The van der Waals surface area contributed by atoms with Crippen LogP contribution in [0.15, 0.2) is 52.1 Å². The van der Waals surface area contributed by atoms with E-state index in [1.807, 2.05) is 0 Å². The summed E-state index contributed by atoms with van der Waals surface area (Å²) < 4.78 is 13.7. The van der Waals surface area contributed by atoms with E-state index in [0.29, 0.717) is 15.7 Å². The van der Waals surface area contributed by atoms with Crippen LogP contribution in [0.3, 0.4) is 0 Å².